The van der Waals surface area contributed by atoms with Gasteiger partial charge >= 0.3 is 12.1 Å². The molecule has 5 N–H and O–H groups in total. The molecule has 0 atom stereocenters. The van der Waals surface area contributed by atoms with Crippen molar-refractivity contribution < 1.29 is 19.4 Å². The summed E-state index contributed by atoms with van der Waals surface area (Å²) in [6.07, 6.45) is -1.22. The average Bonchev–Trinajstić information content (AvgIpc) is 3.12. The highest BCUT2D eigenvalue weighted by atomic mass is 35.5. The van der Waals surface area contributed by atoms with Crippen LogP contribution in [0, 0.1) is 0 Å². The first-order valence-electron chi connectivity index (χ1n) is 9.17. The number of aromatic amines is 1. The second-order valence-electron chi connectivity index (χ2n) is 6.50. The van der Waals surface area contributed by atoms with Gasteiger partial charge in [-0.25, -0.2) is 14.6 Å². The fourth-order valence-corrected chi connectivity index (χ4v) is 3.22. The van der Waals surface area contributed by atoms with Crippen LogP contribution in [0.25, 0.3) is 11.0 Å². The summed E-state index contributed by atoms with van der Waals surface area (Å²) in [6, 6.07) is 16.3. The number of fused-ring (bicyclic) bond motifs is 1. The van der Waals surface area contributed by atoms with E-state index in [2.05, 4.69) is 25.9 Å². The number of hydrogen-bond donors (Lipinski definition) is 5. The molecule has 0 aliphatic heterocycles. The third kappa shape index (κ3) is 5.02. The number of hydrogen-bond acceptors (Lipinski definition) is 4. The first kappa shape index (κ1) is 21.3. The van der Waals surface area contributed by atoms with E-state index in [1.807, 2.05) is 0 Å². The normalized spacial score (nSPS) is 10.6. The smallest absolute Gasteiger partial charge is 0.411 e. The lowest BCUT2D eigenvalue weighted by atomic mass is 10.3. The molecule has 0 aliphatic carbocycles. The zero-order chi connectivity index (χ0) is 22.7. The van der Waals surface area contributed by atoms with Crippen LogP contribution in [0.4, 0.5) is 26.9 Å². The van der Waals surface area contributed by atoms with Gasteiger partial charge in [-0.15, -0.1) is 0 Å². The van der Waals surface area contributed by atoms with Gasteiger partial charge in [0, 0.05) is 17.8 Å². The maximum absolute atomic E-state index is 12.3. The van der Waals surface area contributed by atoms with Crippen molar-refractivity contribution in [2.45, 2.75) is 0 Å². The quantitative estimate of drug-likeness (QED) is 0.230. The molecule has 0 radical (unpaired) electrons. The van der Waals surface area contributed by atoms with Gasteiger partial charge < -0.3 is 25.5 Å². The minimum atomic E-state index is -1.22. The molecule has 11 heteroatoms. The van der Waals surface area contributed by atoms with Crippen LogP contribution in [0.5, 0.6) is 11.5 Å². The summed E-state index contributed by atoms with van der Waals surface area (Å²) >= 11 is 12.0. The average molecular weight is 472 g/mol. The summed E-state index contributed by atoms with van der Waals surface area (Å²) in [5.41, 5.74) is 2.05. The minimum absolute atomic E-state index is 0.113. The Morgan fingerprint density at radius 3 is 2.53 bits per heavy atom. The van der Waals surface area contributed by atoms with E-state index in [1.54, 1.807) is 60.7 Å². The van der Waals surface area contributed by atoms with Crippen molar-refractivity contribution in [2.75, 3.05) is 16.0 Å². The number of amides is 3. The molecule has 0 fully saturated rings. The molecule has 9 nitrogen and oxygen atoms in total. The number of aromatic nitrogens is 2. The largest absolute Gasteiger partial charge is 0.465 e. The third-order valence-corrected chi connectivity index (χ3v) is 5.03. The van der Waals surface area contributed by atoms with Gasteiger partial charge in [0.25, 0.3) is 0 Å². The number of H-pyrrole nitrogens is 1. The summed E-state index contributed by atoms with van der Waals surface area (Å²) in [7, 11) is 0. The summed E-state index contributed by atoms with van der Waals surface area (Å²) in [4.78, 5) is 30.1. The molecule has 0 spiro atoms. The number of rotatable bonds is 5. The molecule has 3 amide bonds. The zero-order valence-electron chi connectivity index (χ0n) is 16.1. The number of ether oxygens (including phenoxy) is 1. The van der Waals surface area contributed by atoms with Gasteiger partial charge in [-0.05, 0) is 36.4 Å². The van der Waals surface area contributed by atoms with Gasteiger partial charge in [-0.1, -0.05) is 35.3 Å². The van der Waals surface area contributed by atoms with Crippen molar-refractivity contribution in [1.82, 2.24) is 9.97 Å². The highest BCUT2D eigenvalue weighted by molar-refractivity contribution is 6.44. The van der Waals surface area contributed by atoms with E-state index < -0.39 is 12.1 Å². The van der Waals surface area contributed by atoms with Crippen molar-refractivity contribution in [3.63, 3.8) is 0 Å². The van der Waals surface area contributed by atoms with Crippen LogP contribution in [-0.4, -0.2) is 27.2 Å². The van der Waals surface area contributed by atoms with E-state index >= 15 is 0 Å². The van der Waals surface area contributed by atoms with Crippen molar-refractivity contribution in [1.29, 1.82) is 0 Å². The van der Waals surface area contributed by atoms with Gasteiger partial charge in [-0.2, -0.15) is 0 Å². The highest BCUT2D eigenvalue weighted by Gasteiger charge is 2.10. The minimum Gasteiger partial charge on any atom is -0.465 e. The number of carboxylic acid groups (broad SMARTS) is 1. The molecule has 162 valence electrons. The van der Waals surface area contributed by atoms with E-state index in [0.717, 1.165) is 0 Å². The molecular formula is C21H15Cl2N5O4. The molecule has 4 aromatic rings. The van der Waals surface area contributed by atoms with Gasteiger partial charge in [0.15, 0.2) is 0 Å². The number of nitrogens with one attached hydrogen (secondary N) is 4. The van der Waals surface area contributed by atoms with Crippen LogP contribution in [0.1, 0.15) is 0 Å². The Morgan fingerprint density at radius 2 is 1.72 bits per heavy atom. The van der Waals surface area contributed by atoms with Crippen molar-refractivity contribution >= 4 is 63.7 Å². The van der Waals surface area contributed by atoms with Crippen LogP contribution < -0.4 is 20.7 Å². The fourth-order valence-electron chi connectivity index (χ4n) is 2.87. The van der Waals surface area contributed by atoms with E-state index in [0.29, 0.717) is 38.9 Å². The second kappa shape index (κ2) is 9.04. The number of carbonyl (C=O) groups is 2. The number of benzene rings is 3. The number of halogens is 2. The molecule has 4 rings (SSSR count). The van der Waals surface area contributed by atoms with Gasteiger partial charge in [0.1, 0.15) is 11.5 Å². The van der Waals surface area contributed by atoms with Crippen LogP contribution in [0.3, 0.4) is 0 Å². The van der Waals surface area contributed by atoms with Gasteiger partial charge in [-0.3, -0.25) is 5.32 Å². The first-order chi connectivity index (χ1) is 15.4. The molecule has 0 bridgehead atoms. The maximum Gasteiger partial charge on any atom is 0.411 e. The summed E-state index contributed by atoms with van der Waals surface area (Å²) in [5, 5.41) is 16.9. The van der Waals surface area contributed by atoms with E-state index in [9.17, 15) is 9.59 Å². The maximum atomic E-state index is 12.3. The van der Waals surface area contributed by atoms with Crippen LogP contribution in [0.15, 0.2) is 60.7 Å². The Hall–Kier alpha value is -3.95. The molecular weight excluding hydrogens is 457 g/mol. The van der Waals surface area contributed by atoms with Gasteiger partial charge in [0.2, 0.25) is 5.95 Å². The number of anilines is 3. The predicted octanol–water partition coefficient (Wildman–Crippen LogP) is 6.40. The van der Waals surface area contributed by atoms with Crippen LogP contribution in [-0.2, 0) is 0 Å². The molecule has 0 saturated heterocycles. The summed E-state index contributed by atoms with van der Waals surface area (Å²) in [5.74, 6) is 1.07. The van der Waals surface area contributed by atoms with Gasteiger partial charge in [0.05, 0.1) is 26.8 Å². The van der Waals surface area contributed by atoms with E-state index in [4.69, 9.17) is 33.0 Å². The lowest BCUT2D eigenvalue weighted by Crippen LogP contribution is -2.19. The number of carbonyl (C=O) groups excluding carboxylic acids is 1. The van der Waals surface area contributed by atoms with Crippen molar-refractivity contribution in [2.24, 2.45) is 0 Å². The van der Waals surface area contributed by atoms with Crippen molar-refractivity contribution in [3.05, 3.63) is 70.7 Å². The highest BCUT2D eigenvalue weighted by Crippen LogP contribution is 2.30. The second-order valence-corrected chi connectivity index (χ2v) is 7.29. The molecule has 0 saturated carbocycles. The SMILES string of the molecule is O=C(O)Nc1nc2cc(Oc3cccc(NC(=O)Nc4cccc(Cl)c4Cl)c3)ccc2[nH]1. The Morgan fingerprint density at radius 1 is 0.938 bits per heavy atom. The monoisotopic (exact) mass is 471 g/mol. The van der Waals surface area contributed by atoms with E-state index in [1.165, 1.54) is 0 Å². The Kier molecular flexibility index (Phi) is 6.02. The predicted molar refractivity (Wildman–Crippen MR) is 123 cm³/mol. The topological polar surface area (TPSA) is 128 Å². The first-order valence-corrected chi connectivity index (χ1v) is 9.92. The fraction of sp³-hybridized carbons (Fsp3) is 0. The van der Waals surface area contributed by atoms with E-state index in [-0.39, 0.29) is 11.0 Å². The number of urea groups is 1. The molecule has 1 heterocycles. The lowest BCUT2D eigenvalue weighted by Gasteiger charge is -2.11. The summed E-state index contributed by atoms with van der Waals surface area (Å²) < 4.78 is 5.85. The lowest BCUT2D eigenvalue weighted by molar-refractivity contribution is 0.209. The molecule has 1 aromatic heterocycles. The Bertz CT molecular complexity index is 1320. The Labute approximate surface area is 191 Å². The Balaban J connectivity index is 1.45. The molecule has 32 heavy (non-hydrogen) atoms. The zero-order valence-corrected chi connectivity index (χ0v) is 17.7. The molecule has 0 unspecified atom stereocenters. The van der Waals surface area contributed by atoms with Crippen LogP contribution >= 0.6 is 23.2 Å². The van der Waals surface area contributed by atoms with Crippen molar-refractivity contribution in [3.8, 4) is 11.5 Å². The standard InChI is InChI=1S/C21H15Cl2N5O4/c22-14-5-2-6-16(18(14)23)27-20(29)24-11-3-1-4-12(9-11)32-13-7-8-15-17(10-13)26-19(25-15)28-21(30)31/h1-10H,(H,30,31)(H2,24,27,29)(H2,25,26,28). The third-order valence-electron chi connectivity index (χ3n) is 4.21. The number of nitrogens with zero attached hydrogens (tertiary/aromatic N) is 1. The van der Waals surface area contributed by atoms with Crippen LogP contribution in [0.2, 0.25) is 10.0 Å². The number of imidazole rings is 1. The molecule has 0 aliphatic rings. The summed E-state index contributed by atoms with van der Waals surface area (Å²) in [6.45, 7) is 0. The molecule has 3 aromatic carbocycles.